The first-order chi connectivity index (χ1) is 7.47. The number of carbonyl (C=O) groups is 1. The SMILES string of the molecule is COc1ccc(C(O)C(N)C(=O)O)cc1Cl. The molecule has 0 bridgehead atoms. The van der Waals surface area contributed by atoms with Crippen LogP contribution in [0.4, 0.5) is 0 Å². The van der Waals surface area contributed by atoms with Crippen molar-refractivity contribution in [1.29, 1.82) is 0 Å². The molecule has 0 radical (unpaired) electrons. The van der Waals surface area contributed by atoms with E-state index in [1.807, 2.05) is 0 Å². The van der Waals surface area contributed by atoms with Crippen LogP contribution in [0, 0.1) is 0 Å². The van der Waals surface area contributed by atoms with Gasteiger partial charge in [0.25, 0.3) is 0 Å². The molecule has 5 nitrogen and oxygen atoms in total. The molecule has 0 aliphatic carbocycles. The first-order valence-corrected chi connectivity index (χ1v) is 4.85. The molecule has 0 spiro atoms. The molecule has 0 amide bonds. The van der Waals surface area contributed by atoms with Crippen molar-refractivity contribution in [1.82, 2.24) is 0 Å². The number of rotatable bonds is 4. The number of hydrogen-bond donors (Lipinski definition) is 3. The van der Waals surface area contributed by atoms with E-state index in [2.05, 4.69) is 0 Å². The maximum atomic E-state index is 10.6. The van der Waals surface area contributed by atoms with Crippen LogP contribution in [0.5, 0.6) is 5.75 Å². The Morgan fingerprint density at radius 3 is 2.62 bits per heavy atom. The Kier molecular flexibility index (Phi) is 4.12. The van der Waals surface area contributed by atoms with Crippen molar-refractivity contribution in [2.24, 2.45) is 5.73 Å². The molecule has 88 valence electrons. The summed E-state index contributed by atoms with van der Waals surface area (Å²) >= 11 is 5.83. The number of carboxylic acids is 1. The Labute approximate surface area is 97.4 Å². The molecule has 0 heterocycles. The highest BCUT2D eigenvalue weighted by molar-refractivity contribution is 6.32. The Morgan fingerprint density at radius 1 is 1.56 bits per heavy atom. The van der Waals surface area contributed by atoms with Crippen LogP contribution in [0.25, 0.3) is 0 Å². The molecule has 4 N–H and O–H groups in total. The van der Waals surface area contributed by atoms with Gasteiger partial charge in [-0.05, 0) is 17.7 Å². The molecule has 6 heteroatoms. The van der Waals surface area contributed by atoms with Crippen LogP contribution in [0.15, 0.2) is 18.2 Å². The van der Waals surface area contributed by atoms with Gasteiger partial charge in [0.15, 0.2) is 0 Å². The molecule has 16 heavy (non-hydrogen) atoms. The molecule has 2 atom stereocenters. The van der Waals surface area contributed by atoms with Crippen molar-refractivity contribution in [2.75, 3.05) is 7.11 Å². The lowest BCUT2D eigenvalue weighted by molar-refractivity contribution is -0.141. The lowest BCUT2D eigenvalue weighted by atomic mass is 10.0. The van der Waals surface area contributed by atoms with Crippen molar-refractivity contribution in [2.45, 2.75) is 12.1 Å². The number of halogens is 1. The molecular weight excluding hydrogens is 234 g/mol. The van der Waals surface area contributed by atoms with Crippen LogP contribution in [-0.2, 0) is 4.79 Å². The number of benzene rings is 1. The molecule has 1 aromatic rings. The summed E-state index contributed by atoms with van der Waals surface area (Å²) < 4.78 is 4.93. The fraction of sp³-hybridized carbons (Fsp3) is 0.300. The maximum Gasteiger partial charge on any atom is 0.323 e. The Balaban J connectivity index is 2.97. The summed E-state index contributed by atoms with van der Waals surface area (Å²) in [6.45, 7) is 0. The number of nitrogens with two attached hydrogens (primary N) is 1. The standard InChI is InChI=1S/C10H12ClNO4/c1-16-7-3-2-5(4-6(7)11)9(13)8(12)10(14)15/h2-4,8-9,13H,12H2,1H3,(H,14,15). The largest absolute Gasteiger partial charge is 0.495 e. The zero-order chi connectivity index (χ0) is 12.3. The Bertz CT molecular complexity index is 396. The van der Waals surface area contributed by atoms with Gasteiger partial charge in [0.05, 0.1) is 12.1 Å². The minimum absolute atomic E-state index is 0.289. The first-order valence-electron chi connectivity index (χ1n) is 4.47. The summed E-state index contributed by atoms with van der Waals surface area (Å²) in [5, 5.41) is 18.6. The van der Waals surface area contributed by atoms with E-state index in [1.165, 1.54) is 25.3 Å². The fourth-order valence-electron chi connectivity index (χ4n) is 1.21. The summed E-state index contributed by atoms with van der Waals surface area (Å²) in [5.41, 5.74) is 5.62. The van der Waals surface area contributed by atoms with Crippen molar-refractivity contribution in [3.8, 4) is 5.75 Å². The monoisotopic (exact) mass is 245 g/mol. The van der Waals surface area contributed by atoms with Crippen LogP contribution < -0.4 is 10.5 Å². The third-order valence-corrected chi connectivity index (χ3v) is 2.44. The van der Waals surface area contributed by atoms with Crippen molar-refractivity contribution < 1.29 is 19.7 Å². The van der Waals surface area contributed by atoms with Gasteiger partial charge in [0.2, 0.25) is 0 Å². The van der Waals surface area contributed by atoms with Gasteiger partial charge in [-0.15, -0.1) is 0 Å². The van der Waals surface area contributed by atoms with Crippen molar-refractivity contribution >= 4 is 17.6 Å². The van der Waals surface area contributed by atoms with Gasteiger partial charge < -0.3 is 20.7 Å². The number of aliphatic hydroxyl groups excluding tert-OH is 1. The van der Waals surface area contributed by atoms with Crippen LogP contribution in [0.2, 0.25) is 5.02 Å². The molecule has 1 rings (SSSR count). The van der Waals surface area contributed by atoms with E-state index in [9.17, 15) is 9.90 Å². The summed E-state index contributed by atoms with van der Waals surface area (Å²) in [4.78, 5) is 10.6. The predicted octanol–water partition coefficient (Wildman–Crippen LogP) is 0.794. The highest BCUT2D eigenvalue weighted by atomic mass is 35.5. The second-order valence-electron chi connectivity index (χ2n) is 3.20. The minimum Gasteiger partial charge on any atom is -0.495 e. The van der Waals surface area contributed by atoms with Gasteiger partial charge in [0, 0.05) is 0 Å². The molecule has 0 fully saturated rings. The first kappa shape index (κ1) is 12.8. The van der Waals surface area contributed by atoms with Crippen molar-refractivity contribution in [3.05, 3.63) is 28.8 Å². The molecule has 2 unspecified atom stereocenters. The van der Waals surface area contributed by atoms with Gasteiger partial charge in [0.1, 0.15) is 17.9 Å². The molecule has 0 saturated carbocycles. The highest BCUT2D eigenvalue weighted by Crippen LogP contribution is 2.28. The van der Waals surface area contributed by atoms with E-state index in [4.69, 9.17) is 27.2 Å². The molecule has 1 aromatic carbocycles. The molecule has 0 aromatic heterocycles. The van der Waals surface area contributed by atoms with Gasteiger partial charge in [-0.3, -0.25) is 4.79 Å². The summed E-state index contributed by atoms with van der Waals surface area (Å²) in [6.07, 6.45) is -1.30. The minimum atomic E-state index is -1.38. The number of methoxy groups -OCH3 is 1. The third kappa shape index (κ3) is 2.63. The third-order valence-electron chi connectivity index (χ3n) is 2.14. The lowest BCUT2D eigenvalue weighted by Gasteiger charge is -2.16. The quantitative estimate of drug-likeness (QED) is 0.729. The maximum absolute atomic E-state index is 10.6. The van der Waals surface area contributed by atoms with Crippen LogP contribution in [0.3, 0.4) is 0 Å². The number of carboxylic acid groups (broad SMARTS) is 1. The van der Waals surface area contributed by atoms with Crippen LogP contribution in [0.1, 0.15) is 11.7 Å². The lowest BCUT2D eigenvalue weighted by Crippen LogP contribution is -2.36. The summed E-state index contributed by atoms with van der Waals surface area (Å²) in [6, 6.07) is 3.09. The average molecular weight is 246 g/mol. The fourth-order valence-corrected chi connectivity index (χ4v) is 1.48. The molecular formula is C10H12ClNO4. The van der Waals surface area contributed by atoms with Gasteiger partial charge in [-0.1, -0.05) is 17.7 Å². The summed E-state index contributed by atoms with van der Waals surface area (Å²) in [7, 11) is 1.46. The van der Waals surface area contributed by atoms with E-state index in [-0.39, 0.29) is 5.02 Å². The van der Waals surface area contributed by atoms with E-state index in [0.717, 1.165) is 0 Å². The molecule has 0 saturated heterocycles. The van der Waals surface area contributed by atoms with Gasteiger partial charge in [-0.25, -0.2) is 0 Å². The summed E-state index contributed by atoms with van der Waals surface area (Å²) in [5.74, 6) is -0.832. The number of ether oxygens (including phenoxy) is 1. The Morgan fingerprint density at radius 2 is 2.19 bits per heavy atom. The second-order valence-corrected chi connectivity index (χ2v) is 3.61. The predicted molar refractivity (Wildman–Crippen MR) is 58.6 cm³/mol. The molecule has 0 aliphatic heterocycles. The number of aliphatic carboxylic acids is 1. The van der Waals surface area contributed by atoms with Gasteiger partial charge in [-0.2, -0.15) is 0 Å². The topological polar surface area (TPSA) is 92.8 Å². The van der Waals surface area contributed by atoms with Crippen LogP contribution >= 0.6 is 11.6 Å². The zero-order valence-corrected chi connectivity index (χ0v) is 9.31. The second kappa shape index (κ2) is 5.16. The van der Waals surface area contributed by atoms with Crippen LogP contribution in [-0.4, -0.2) is 29.3 Å². The van der Waals surface area contributed by atoms with E-state index >= 15 is 0 Å². The normalized spacial score (nSPS) is 14.2. The number of aliphatic hydroxyl groups is 1. The van der Waals surface area contributed by atoms with E-state index in [1.54, 1.807) is 0 Å². The Hall–Kier alpha value is -1.30. The van der Waals surface area contributed by atoms with E-state index < -0.39 is 18.1 Å². The van der Waals surface area contributed by atoms with Crippen molar-refractivity contribution in [3.63, 3.8) is 0 Å². The van der Waals surface area contributed by atoms with E-state index in [0.29, 0.717) is 11.3 Å². The van der Waals surface area contributed by atoms with Gasteiger partial charge >= 0.3 is 5.97 Å². The number of hydrogen-bond acceptors (Lipinski definition) is 4. The average Bonchev–Trinajstić information content (AvgIpc) is 2.26. The smallest absolute Gasteiger partial charge is 0.323 e. The zero-order valence-electron chi connectivity index (χ0n) is 8.55. The highest BCUT2D eigenvalue weighted by Gasteiger charge is 2.24. The molecule has 0 aliphatic rings.